The number of ether oxygens (including phenoxy) is 1. The fourth-order valence-electron chi connectivity index (χ4n) is 8.02. The van der Waals surface area contributed by atoms with Crippen molar-refractivity contribution in [2.45, 2.75) is 0 Å². The fraction of sp³-hybridized carbons (Fsp3) is 0. The number of para-hydroxylation sites is 4. The van der Waals surface area contributed by atoms with Crippen LogP contribution in [-0.4, -0.2) is 19.9 Å². The average molecular weight is 770 g/mol. The Morgan fingerprint density at radius 2 is 0.717 bits per heavy atom. The maximum Gasteiger partial charge on any atom is 0.160 e. The molecular weight excluding hydrogens is 735 g/mol. The van der Waals surface area contributed by atoms with Crippen LogP contribution in [0.25, 0.3) is 78.6 Å². The Balaban J connectivity index is 1.22. The molecular formula is C54H35N5O. The highest BCUT2D eigenvalue weighted by Crippen LogP contribution is 2.52. The van der Waals surface area contributed by atoms with Crippen LogP contribution in [0.15, 0.2) is 212 Å². The van der Waals surface area contributed by atoms with E-state index in [1.807, 2.05) is 97.1 Å². The zero-order valence-electron chi connectivity index (χ0n) is 32.4. The van der Waals surface area contributed by atoms with Crippen molar-refractivity contribution in [2.24, 2.45) is 0 Å². The van der Waals surface area contributed by atoms with Gasteiger partial charge >= 0.3 is 0 Å². The van der Waals surface area contributed by atoms with Gasteiger partial charge in [-0.1, -0.05) is 158 Å². The minimum Gasteiger partial charge on any atom is -0.453 e. The van der Waals surface area contributed by atoms with E-state index in [2.05, 4.69) is 120 Å². The van der Waals surface area contributed by atoms with Crippen LogP contribution >= 0.6 is 0 Å². The maximum atomic E-state index is 6.47. The summed E-state index contributed by atoms with van der Waals surface area (Å²) in [4.78, 5) is 23.2. The minimum absolute atomic E-state index is 0.650. The van der Waals surface area contributed by atoms with Crippen LogP contribution in [0.2, 0.25) is 0 Å². The number of nitrogens with zero attached hydrogens (tertiary/aromatic N) is 5. The molecule has 60 heavy (non-hydrogen) atoms. The Bertz CT molecular complexity index is 3010. The standard InChI is InChI=1S/C54H35N5O/c1-5-18-36(19-6-1)44-34-46(57-53(55-44)38-22-9-3-10-23-38)40-32-42(47-35-45(37-20-7-2-8-21-37)56-54(58-47)39-24-11-4-12-25-39)41-26-17-29-48(43(41)33-40)59-49-27-13-15-30-51(49)60-52-31-16-14-28-50(52)59/h1-35H. The van der Waals surface area contributed by atoms with Crippen LogP contribution < -0.4 is 9.64 Å². The molecule has 11 rings (SSSR count). The molecule has 0 aliphatic carbocycles. The van der Waals surface area contributed by atoms with E-state index in [1.165, 1.54) is 0 Å². The zero-order valence-corrected chi connectivity index (χ0v) is 32.4. The second-order valence-corrected chi connectivity index (χ2v) is 14.7. The number of hydrogen-bond acceptors (Lipinski definition) is 6. The summed E-state index contributed by atoms with van der Waals surface area (Å²) in [7, 11) is 0. The molecule has 0 atom stereocenters. The second-order valence-electron chi connectivity index (χ2n) is 14.7. The van der Waals surface area contributed by atoms with Crippen molar-refractivity contribution in [2.75, 3.05) is 4.90 Å². The largest absolute Gasteiger partial charge is 0.453 e. The van der Waals surface area contributed by atoms with Crippen molar-refractivity contribution in [1.82, 2.24) is 19.9 Å². The van der Waals surface area contributed by atoms with Gasteiger partial charge in [-0.3, -0.25) is 0 Å². The summed E-state index contributed by atoms with van der Waals surface area (Å²) in [5, 5.41) is 2.06. The van der Waals surface area contributed by atoms with E-state index in [1.54, 1.807) is 0 Å². The molecule has 0 amide bonds. The SMILES string of the molecule is c1ccc(-c2cc(-c3cc(-c4cc(-c5ccccc5)nc(-c5ccccc5)n4)c4cccc(N5c6ccccc6Oc6ccccc65)c4c3)nc(-c3ccccc3)n2)cc1. The van der Waals surface area contributed by atoms with E-state index in [0.717, 1.165) is 95.5 Å². The quantitative estimate of drug-likeness (QED) is 0.161. The molecule has 6 nitrogen and oxygen atoms in total. The van der Waals surface area contributed by atoms with Gasteiger partial charge < -0.3 is 9.64 Å². The lowest BCUT2D eigenvalue weighted by molar-refractivity contribution is 0.477. The lowest BCUT2D eigenvalue weighted by Gasteiger charge is -2.33. The van der Waals surface area contributed by atoms with Gasteiger partial charge in [-0.05, 0) is 60.0 Å². The van der Waals surface area contributed by atoms with Gasteiger partial charge in [0.15, 0.2) is 23.1 Å². The summed E-state index contributed by atoms with van der Waals surface area (Å²) < 4.78 is 6.47. The Morgan fingerprint density at radius 3 is 1.25 bits per heavy atom. The molecule has 10 aromatic rings. The van der Waals surface area contributed by atoms with Crippen molar-refractivity contribution >= 4 is 27.8 Å². The summed E-state index contributed by atoms with van der Waals surface area (Å²) in [6.45, 7) is 0. The third kappa shape index (κ3) is 6.42. The first kappa shape index (κ1) is 35.0. The molecule has 0 saturated carbocycles. The van der Waals surface area contributed by atoms with Gasteiger partial charge in [-0.25, -0.2) is 19.9 Å². The van der Waals surface area contributed by atoms with E-state index in [4.69, 9.17) is 24.7 Å². The number of fused-ring (bicyclic) bond motifs is 3. The molecule has 3 heterocycles. The van der Waals surface area contributed by atoms with Crippen LogP contribution in [0.1, 0.15) is 0 Å². The van der Waals surface area contributed by atoms with Gasteiger partial charge in [-0.2, -0.15) is 0 Å². The highest BCUT2D eigenvalue weighted by atomic mass is 16.5. The van der Waals surface area contributed by atoms with Crippen molar-refractivity contribution in [3.05, 3.63) is 212 Å². The summed E-state index contributed by atoms with van der Waals surface area (Å²) in [6.07, 6.45) is 0. The second kappa shape index (κ2) is 14.9. The lowest BCUT2D eigenvalue weighted by atomic mass is 9.94. The Hall–Kier alpha value is -8.22. The molecule has 0 spiro atoms. The summed E-state index contributed by atoms with van der Waals surface area (Å²) >= 11 is 0. The molecule has 0 N–H and O–H groups in total. The van der Waals surface area contributed by atoms with E-state index >= 15 is 0 Å². The number of hydrogen-bond donors (Lipinski definition) is 0. The first-order valence-corrected chi connectivity index (χ1v) is 20.0. The fourth-order valence-corrected chi connectivity index (χ4v) is 8.02. The number of aromatic nitrogens is 4. The molecule has 0 radical (unpaired) electrons. The lowest BCUT2D eigenvalue weighted by Crippen LogP contribution is -2.16. The maximum absolute atomic E-state index is 6.47. The van der Waals surface area contributed by atoms with Gasteiger partial charge in [0.05, 0.1) is 39.8 Å². The Labute approximate surface area is 347 Å². The molecule has 0 saturated heterocycles. The molecule has 2 aromatic heterocycles. The van der Waals surface area contributed by atoms with Crippen molar-refractivity contribution in [1.29, 1.82) is 0 Å². The van der Waals surface area contributed by atoms with E-state index in [9.17, 15) is 0 Å². The van der Waals surface area contributed by atoms with E-state index in [-0.39, 0.29) is 0 Å². The van der Waals surface area contributed by atoms with E-state index in [0.29, 0.717) is 11.6 Å². The normalized spacial score (nSPS) is 11.8. The van der Waals surface area contributed by atoms with Crippen molar-refractivity contribution < 1.29 is 4.74 Å². The van der Waals surface area contributed by atoms with Gasteiger partial charge in [0, 0.05) is 38.8 Å². The van der Waals surface area contributed by atoms with Crippen LogP contribution in [0, 0.1) is 0 Å². The van der Waals surface area contributed by atoms with Crippen LogP contribution in [0.4, 0.5) is 17.1 Å². The average Bonchev–Trinajstić information content (AvgIpc) is 3.33. The topological polar surface area (TPSA) is 64.0 Å². The number of rotatable bonds is 7. The molecule has 0 unspecified atom stereocenters. The van der Waals surface area contributed by atoms with Crippen LogP contribution in [0.3, 0.4) is 0 Å². The van der Waals surface area contributed by atoms with Gasteiger partial charge in [0.2, 0.25) is 0 Å². The van der Waals surface area contributed by atoms with Gasteiger partial charge in [0.25, 0.3) is 0 Å². The molecule has 8 aromatic carbocycles. The predicted molar refractivity (Wildman–Crippen MR) is 243 cm³/mol. The third-order valence-electron chi connectivity index (χ3n) is 10.9. The Morgan fingerprint density at radius 1 is 0.300 bits per heavy atom. The molecule has 0 fully saturated rings. The smallest absolute Gasteiger partial charge is 0.160 e. The van der Waals surface area contributed by atoms with Gasteiger partial charge in [-0.15, -0.1) is 0 Å². The molecule has 0 bridgehead atoms. The van der Waals surface area contributed by atoms with Crippen LogP contribution in [-0.2, 0) is 0 Å². The molecule has 1 aliphatic rings. The first-order chi connectivity index (χ1) is 29.7. The predicted octanol–water partition coefficient (Wildman–Crippen LogP) is 14.0. The molecule has 6 heteroatoms. The Kier molecular flexibility index (Phi) is 8.71. The number of benzene rings is 8. The van der Waals surface area contributed by atoms with E-state index < -0.39 is 0 Å². The van der Waals surface area contributed by atoms with Gasteiger partial charge in [0.1, 0.15) is 0 Å². The van der Waals surface area contributed by atoms with Crippen LogP contribution in [0.5, 0.6) is 11.5 Å². The van der Waals surface area contributed by atoms with Crippen molar-refractivity contribution in [3.8, 4) is 79.3 Å². The number of anilines is 3. The zero-order chi connectivity index (χ0) is 39.8. The third-order valence-corrected chi connectivity index (χ3v) is 10.9. The molecule has 1 aliphatic heterocycles. The van der Waals surface area contributed by atoms with Crippen molar-refractivity contribution in [3.63, 3.8) is 0 Å². The minimum atomic E-state index is 0.650. The highest BCUT2D eigenvalue weighted by molar-refractivity contribution is 6.08. The summed E-state index contributed by atoms with van der Waals surface area (Å²) in [6, 6.07) is 72.6. The first-order valence-electron chi connectivity index (χ1n) is 20.0. The molecule has 282 valence electrons. The summed E-state index contributed by atoms with van der Waals surface area (Å²) in [5.74, 6) is 2.88. The monoisotopic (exact) mass is 769 g/mol. The highest BCUT2D eigenvalue weighted by Gasteiger charge is 2.27. The summed E-state index contributed by atoms with van der Waals surface area (Å²) in [5.41, 5.74) is 12.0.